The molecule has 0 amide bonds. The predicted molar refractivity (Wildman–Crippen MR) is 133 cm³/mol. The lowest BCUT2D eigenvalue weighted by atomic mass is 10.1. The van der Waals surface area contributed by atoms with Gasteiger partial charge in [-0.25, -0.2) is 4.98 Å². The summed E-state index contributed by atoms with van der Waals surface area (Å²) in [5.41, 5.74) is 4.39. The topological polar surface area (TPSA) is 81.0 Å². The van der Waals surface area contributed by atoms with E-state index in [9.17, 15) is 4.79 Å². The number of carbonyl (C=O) groups is 1. The average molecular weight is 473 g/mol. The van der Waals surface area contributed by atoms with E-state index in [0.29, 0.717) is 18.7 Å². The van der Waals surface area contributed by atoms with E-state index in [1.807, 2.05) is 90.3 Å². The number of carboxylic acids is 1. The van der Waals surface area contributed by atoms with Crippen LogP contribution in [-0.4, -0.2) is 21.8 Å². The Hall–Kier alpha value is -3.97. The molecule has 0 unspecified atom stereocenters. The molecule has 0 aliphatic carbocycles. The third-order valence-corrected chi connectivity index (χ3v) is 5.91. The second-order valence-corrected chi connectivity index (χ2v) is 8.37. The normalized spacial score (nSPS) is 11.2. The molecule has 1 aromatic heterocycles. The molecule has 0 saturated heterocycles. The summed E-state index contributed by atoms with van der Waals surface area (Å²) in [6, 6.07) is 27.1. The number of rotatable bonds is 11. The zero-order valence-electron chi connectivity index (χ0n) is 18.5. The number of ether oxygens (including phenoxy) is 1. The number of nitrogens with zero attached hydrogens (tertiary/aromatic N) is 2. The first kappa shape index (κ1) is 23.2. The Morgan fingerprint density at radius 3 is 2.29 bits per heavy atom. The van der Waals surface area contributed by atoms with Crippen molar-refractivity contribution < 1.29 is 19.5 Å². The summed E-state index contributed by atoms with van der Waals surface area (Å²) in [7, 11) is 0. The summed E-state index contributed by atoms with van der Waals surface area (Å²) in [4.78, 5) is 21.1. The lowest BCUT2D eigenvalue weighted by Gasteiger charge is -2.07. The van der Waals surface area contributed by atoms with Gasteiger partial charge in [-0.15, -0.1) is 11.3 Å². The highest BCUT2D eigenvalue weighted by molar-refractivity contribution is 7.13. The Labute approximate surface area is 202 Å². The Kier molecular flexibility index (Phi) is 8.03. The van der Waals surface area contributed by atoms with E-state index in [1.54, 1.807) is 11.3 Å². The van der Waals surface area contributed by atoms with Gasteiger partial charge in [0.15, 0.2) is 0 Å². The fourth-order valence-corrected chi connectivity index (χ4v) is 4.02. The van der Waals surface area contributed by atoms with Crippen LogP contribution in [0, 0.1) is 0 Å². The highest BCUT2D eigenvalue weighted by atomic mass is 32.1. The molecule has 1 heterocycles. The molecule has 0 atom stereocenters. The minimum Gasteiger partial charge on any atom is -0.487 e. The van der Waals surface area contributed by atoms with Crippen LogP contribution in [0.15, 0.2) is 95.5 Å². The van der Waals surface area contributed by atoms with Gasteiger partial charge in [0.2, 0.25) is 0 Å². The summed E-state index contributed by atoms with van der Waals surface area (Å²) in [6.07, 6.45) is 0.295. The van der Waals surface area contributed by atoms with Crippen molar-refractivity contribution in [3.63, 3.8) is 0 Å². The van der Waals surface area contributed by atoms with Crippen molar-refractivity contribution in [1.82, 2.24) is 4.98 Å². The van der Waals surface area contributed by atoms with Crippen LogP contribution in [0.2, 0.25) is 0 Å². The Morgan fingerprint density at radius 2 is 1.59 bits per heavy atom. The smallest absolute Gasteiger partial charge is 0.303 e. The van der Waals surface area contributed by atoms with E-state index < -0.39 is 5.97 Å². The third-order valence-electron chi connectivity index (χ3n) is 4.97. The fraction of sp³-hybridized carbons (Fsp3) is 0.148. The van der Waals surface area contributed by atoms with E-state index in [0.717, 1.165) is 33.1 Å². The first-order valence-electron chi connectivity index (χ1n) is 10.8. The summed E-state index contributed by atoms with van der Waals surface area (Å²) in [5, 5.41) is 16.2. The molecule has 6 nitrogen and oxygen atoms in total. The van der Waals surface area contributed by atoms with Crippen LogP contribution in [0.3, 0.4) is 0 Å². The summed E-state index contributed by atoms with van der Waals surface area (Å²) >= 11 is 1.60. The third kappa shape index (κ3) is 6.76. The number of thiazole rings is 1. The van der Waals surface area contributed by atoms with Crippen LogP contribution < -0.4 is 4.74 Å². The lowest BCUT2D eigenvalue weighted by Crippen LogP contribution is -2.06. The number of hydrogen-bond acceptors (Lipinski definition) is 6. The largest absolute Gasteiger partial charge is 0.487 e. The van der Waals surface area contributed by atoms with Crippen LogP contribution >= 0.6 is 11.3 Å². The van der Waals surface area contributed by atoms with Crippen molar-refractivity contribution >= 4 is 23.0 Å². The van der Waals surface area contributed by atoms with E-state index >= 15 is 0 Å². The highest BCUT2D eigenvalue weighted by Crippen LogP contribution is 2.24. The van der Waals surface area contributed by atoms with Gasteiger partial charge >= 0.3 is 5.97 Å². The van der Waals surface area contributed by atoms with E-state index in [2.05, 4.69) is 10.1 Å². The zero-order valence-corrected chi connectivity index (χ0v) is 19.3. The molecule has 0 radical (unpaired) electrons. The fourth-order valence-electron chi connectivity index (χ4n) is 3.21. The number of hydrogen-bond donors (Lipinski definition) is 1. The van der Waals surface area contributed by atoms with E-state index in [4.69, 9.17) is 14.7 Å². The molecule has 0 aliphatic heterocycles. The number of benzene rings is 3. The average Bonchev–Trinajstić information content (AvgIpc) is 3.36. The van der Waals surface area contributed by atoms with Gasteiger partial charge in [0.25, 0.3) is 0 Å². The quantitative estimate of drug-likeness (QED) is 0.208. The molecule has 0 saturated carbocycles. The van der Waals surface area contributed by atoms with Crippen molar-refractivity contribution in [1.29, 1.82) is 0 Å². The van der Waals surface area contributed by atoms with E-state index in [1.165, 1.54) is 0 Å². The van der Waals surface area contributed by atoms with Crippen molar-refractivity contribution in [3.05, 3.63) is 107 Å². The second-order valence-electron chi connectivity index (χ2n) is 7.51. The SMILES string of the molecule is O=C(O)CC/C(=N\OCc1ccc(OCc2csc(-c3ccccc3)n2)cc1)c1ccccc1. The standard InChI is InChI=1S/C27H24N2O4S/c30-26(31)16-15-25(21-7-3-1-4-8-21)29-33-17-20-11-13-24(14-12-20)32-18-23-19-34-27(28-23)22-9-5-2-6-10-22/h1-14,19H,15-18H2,(H,30,31)/b29-25+. The van der Waals surface area contributed by atoms with Gasteiger partial charge in [-0.05, 0) is 23.3 Å². The predicted octanol–water partition coefficient (Wildman–Crippen LogP) is 6.17. The maximum Gasteiger partial charge on any atom is 0.303 e. The van der Waals surface area contributed by atoms with Crippen molar-refractivity contribution in [2.75, 3.05) is 0 Å². The number of aliphatic carboxylic acids is 1. The van der Waals surface area contributed by atoms with Crippen LogP contribution in [-0.2, 0) is 22.8 Å². The molecule has 0 fully saturated rings. The first-order chi connectivity index (χ1) is 16.7. The van der Waals surface area contributed by atoms with Crippen molar-refractivity contribution in [3.8, 4) is 16.3 Å². The summed E-state index contributed by atoms with van der Waals surface area (Å²) in [6.45, 7) is 0.670. The van der Waals surface area contributed by atoms with Crippen LogP contribution in [0.25, 0.3) is 10.6 Å². The number of oxime groups is 1. The van der Waals surface area contributed by atoms with Crippen molar-refractivity contribution in [2.45, 2.75) is 26.1 Å². The highest BCUT2D eigenvalue weighted by Gasteiger charge is 2.08. The Morgan fingerprint density at radius 1 is 0.882 bits per heavy atom. The monoisotopic (exact) mass is 472 g/mol. The molecular weight excluding hydrogens is 448 g/mol. The Bertz CT molecular complexity index is 1220. The zero-order chi connectivity index (χ0) is 23.6. The van der Waals surface area contributed by atoms with Gasteiger partial charge < -0.3 is 14.7 Å². The van der Waals surface area contributed by atoms with Crippen LogP contribution in [0.4, 0.5) is 0 Å². The maximum absolute atomic E-state index is 11.0. The molecule has 0 aliphatic rings. The molecule has 0 bridgehead atoms. The number of carboxylic acid groups (broad SMARTS) is 1. The van der Waals surface area contributed by atoms with Gasteiger partial charge in [-0.3, -0.25) is 4.79 Å². The van der Waals surface area contributed by atoms with Gasteiger partial charge in [0.1, 0.15) is 24.0 Å². The summed E-state index contributed by atoms with van der Waals surface area (Å²) in [5.74, 6) is -0.124. The summed E-state index contributed by atoms with van der Waals surface area (Å²) < 4.78 is 5.87. The second kappa shape index (κ2) is 11.8. The van der Waals surface area contributed by atoms with Crippen LogP contribution in [0.1, 0.15) is 29.7 Å². The molecule has 0 spiro atoms. The maximum atomic E-state index is 11.0. The molecule has 7 heteroatoms. The Balaban J connectivity index is 1.30. The molecule has 4 aromatic rings. The first-order valence-corrected chi connectivity index (χ1v) is 11.7. The lowest BCUT2D eigenvalue weighted by molar-refractivity contribution is -0.136. The minimum atomic E-state index is -0.867. The van der Waals surface area contributed by atoms with Gasteiger partial charge in [-0.2, -0.15) is 0 Å². The van der Waals surface area contributed by atoms with Crippen LogP contribution in [0.5, 0.6) is 5.75 Å². The number of aromatic nitrogens is 1. The molecule has 1 N–H and O–H groups in total. The van der Waals surface area contributed by atoms with Gasteiger partial charge in [0, 0.05) is 17.4 Å². The molecule has 34 heavy (non-hydrogen) atoms. The molecule has 172 valence electrons. The molecular formula is C27H24N2O4S. The minimum absolute atomic E-state index is 0.00501. The van der Waals surface area contributed by atoms with Gasteiger partial charge in [0.05, 0.1) is 17.8 Å². The van der Waals surface area contributed by atoms with Crippen molar-refractivity contribution in [2.24, 2.45) is 5.16 Å². The van der Waals surface area contributed by atoms with Gasteiger partial charge in [-0.1, -0.05) is 78.0 Å². The molecule has 4 rings (SSSR count). The molecule has 3 aromatic carbocycles. The van der Waals surface area contributed by atoms with E-state index in [-0.39, 0.29) is 13.0 Å².